The average molecular weight is 468 g/mol. The maximum Gasteiger partial charge on any atom is 0.326 e. The normalized spacial score (nSPS) is 11.2. The molecule has 1 heterocycles. The van der Waals surface area contributed by atoms with Crippen LogP contribution in [0.4, 0.5) is 5.69 Å². The highest BCUT2D eigenvalue weighted by Gasteiger charge is 2.28. The molecule has 0 atom stereocenters. The molecule has 8 heteroatoms. The van der Waals surface area contributed by atoms with Crippen LogP contribution in [0.5, 0.6) is 5.75 Å². The van der Waals surface area contributed by atoms with Crippen molar-refractivity contribution in [1.82, 2.24) is 9.97 Å². The highest BCUT2D eigenvalue weighted by atomic mass is 35.5. The predicted octanol–water partition coefficient (Wildman–Crippen LogP) is 5.11. The molecule has 172 valence electrons. The Morgan fingerprint density at radius 3 is 2.48 bits per heavy atom. The van der Waals surface area contributed by atoms with Gasteiger partial charge in [-0.2, -0.15) is 0 Å². The van der Waals surface area contributed by atoms with E-state index in [1.807, 2.05) is 6.07 Å². The second-order valence-corrected chi connectivity index (χ2v) is 9.07. The summed E-state index contributed by atoms with van der Waals surface area (Å²) in [5.41, 5.74) is 1.72. The summed E-state index contributed by atoms with van der Waals surface area (Å²) in [6.45, 7) is 8.42. The molecule has 0 saturated carbocycles. The van der Waals surface area contributed by atoms with Crippen molar-refractivity contribution in [2.45, 2.75) is 40.2 Å². The van der Waals surface area contributed by atoms with Crippen LogP contribution in [-0.4, -0.2) is 39.1 Å². The number of esters is 1. The lowest BCUT2D eigenvalue weighted by Gasteiger charge is -2.26. The van der Waals surface area contributed by atoms with Crippen molar-refractivity contribution in [3.63, 3.8) is 0 Å². The molecule has 1 amide bonds. The third kappa shape index (κ3) is 6.08. The van der Waals surface area contributed by atoms with Gasteiger partial charge in [0.1, 0.15) is 29.3 Å². The van der Waals surface area contributed by atoms with Crippen LogP contribution in [0.3, 0.4) is 0 Å². The third-order valence-corrected chi connectivity index (χ3v) is 4.91. The molecular weight excluding hydrogens is 442 g/mol. The number of benzene rings is 2. The minimum Gasteiger partial charge on any atom is -0.507 e. The second-order valence-electron chi connectivity index (χ2n) is 8.66. The van der Waals surface area contributed by atoms with E-state index in [-0.39, 0.29) is 22.9 Å². The van der Waals surface area contributed by atoms with E-state index in [9.17, 15) is 14.7 Å². The Morgan fingerprint density at radius 1 is 1.12 bits per heavy atom. The van der Waals surface area contributed by atoms with E-state index in [1.54, 1.807) is 71.1 Å². The van der Waals surface area contributed by atoms with E-state index in [0.29, 0.717) is 22.8 Å². The fourth-order valence-corrected chi connectivity index (χ4v) is 3.65. The minimum absolute atomic E-state index is 0.0888. The topological polar surface area (TPSA) is 92.6 Å². The second kappa shape index (κ2) is 9.58. The predicted molar refractivity (Wildman–Crippen MR) is 128 cm³/mol. The van der Waals surface area contributed by atoms with Gasteiger partial charge in [0, 0.05) is 17.4 Å². The molecule has 0 bridgehead atoms. The summed E-state index contributed by atoms with van der Waals surface area (Å²) in [6, 6.07) is 11.8. The lowest BCUT2D eigenvalue weighted by atomic mass is 10.1. The number of aromatic nitrogens is 2. The summed E-state index contributed by atoms with van der Waals surface area (Å²) in [5, 5.41) is 10.5. The Bertz CT molecular complexity index is 1180. The number of nitrogens with zero attached hydrogens (tertiary/aromatic N) is 3. The summed E-state index contributed by atoms with van der Waals surface area (Å²) < 4.78 is 5.44. The van der Waals surface area contributed by atoms with E-state index in [4.69, 9.17) is 16.3 Å². The fraction of sp³-hybridized carbons (Fsp3) is 0.280. The van der Waals surface area contributed by atoms with E-state index in [0.717, 1.165) is 5.56 Å². The lowest BCUT2D eigenvalue weighted by molar-refractivity contribution is -0.152. The Morgan fingerprint density at radius 2 is 1.85 bits per heavy atom. The van der Waals surface area contributed by atoms with Gasteiger partial charge in [-0.25, -0.2) is 9.97 Å². The first-order valence-electron chi connectivity index (χ1n) is 10.4. The number of halogens is 1. The third-order valence-electron chi connectivity index (χ3n) is 4.61. The Labute approximate surface area is 198 Å². The standard InChI is InChI=1S/C25H26ClN3O4/c1-15-11-19(26)23(21(30)12-15)24(32)29(14-22(31)33-25(3,4)5)18-8-6-7-17(13-18)20-9-10-27-16(2)28-20/h6-13,30H,14H2,1-5H3. The van der Waals surface area contributed by atoms with Crippen molar-refractivity contribution >= 4 is 29.2 Å². The van der Waals surface area contributed by atoms with Crippen LogP contribution in [0.2, 0.25) is 5.02 Å². The van der Waals surface area contributed by atoms with Crippen molar-refractivity contribution in [2.75, 3.05) is 11.4 Å². The van der Waals surface area contributed by atoms with Crippen LogP contribution >= 0.6 is 11.6 Å². The van der Waals surface area contributed by atoms with Gasteiger partial charge in [-0.3, -0.25) is 14.5 Å². The quantitative estimate of drug-likeness (QED) is 0.524. The summed E-state index contributed by atoms with van der Waals surface area (Å²) in [4.78, 5) is 36.0. The number of carbonyl (C=O) groups excluding carboxylic acids is 2. The summed E-state index contributed by atoms with van der Waals surface area (Å²) in [5.74, 6) is -0.876. The van der Waals surface area contributed by atoms with Crippen LogP contribution in [0.15, 0.2) is 48.7 Å². The smallest absolute Gasteiger partial charge is 0.326 e. The van der Waals surface area contributed by atoms with Crippen LogP contribution < -0.4 is 4.90 Å². The molecule has 0 spiro atoms. The van der Waals surface area contributed by atoms with Gasteiger partial charge in [0.15, 0.2) is 0 Å². The highest BCUT2D eigenvalue weighted by molar-refractivity contribution is 6.35. The van der Waals surface area contributed by atoms with Gasteiger partial charge < -0.3 is 9.84 Å². The van der Waals surface area contributed by atoms with Crippen LogP contribution in [0, 0.1) is 13.8 Å². The first-order valence-corrected chi connectivity index (χ1v) is 10.8. The molecule has 1 N–H and O–H groups in total. The molecule has 0 aliphatic heterocycles. The number of hydrogen-bond acceptors (Lipinski definition) is 6. The van der Waals surface area contributed by atoms with Gasteiger partial charge in [0.25, 0.3) is 5.91 Å². The first kappa shape index (κ1) is 24.2. The fourth-order valence-electron chi connectivity index (χ4n) is 3.30. The number of phenolic OH excluding ortho intramolecular Hbond substituents is 1. The van der Waals surface area contributed by atoms with E-state index in [2.05, 4.69) is 9.97 Å². The van der Waals surface area contributed by atoms with Gasteiger partial charge in [-0.1, -0.05) is 23.7 Å². The number of ether oxygens (including phenoxy) is 1. The van der Waals surface area contributed by atoms with E-state index < -0.39 is 17.5 Å². The van der Waals surface area contributed by atoms with Gasteiger partial charge in [-0.15, -0.1) is 0 Å². The number of phenols is 1. The zero-order chi connectivity index (χ0) is 24.3. The van der Waals surface area contributed by atoms with Gasteiger partial charge in [0.2, 0.25) is 0 Å². The Hall–Kier alpha value is -3.45. The van der Waals surface area contributed by atoms with Gasteiger partial charge in [-0.05, 0) is 70.5 Å². The number of aryl methyl sites for hydroxylation is 2. The van der Waals surface area contributed by atoms with Crippen molar-refractivity contribution in [3.05, 3.63) is 70.6 Å². The number of hydrogen-bond donors (Lipinski definition) is 1. The molecule has 1 aromatic heterocycles. The molecule has 33 heavy (non-hydrogen) atoms. The number of anilines is 1. The first-order chi connectivity index (χ1) is 15.4. The summed E-state index contributed by atoms with van der Waals surface area (Å²) in [7, 11) is 0. The molecule has 2 aromatic carbocycles. The maximum absolute atomic E-state index is 13.5. The van der Waals surface area contributed by atoms with Crippen molar-refractivity contribution in [1.29, 1.82) is 0 Å². The zero-order valence-corrected chi connectivity index (χ0v) is 20.0. The molecular formula is C25H26ClN3O4. The summed E-state index contributed by atoms with van der Waals surface area (Å²) in [6.07, 6.45) is 1.65. The molecule has 0 fully saturated rings. The molecule has 0 aliphatic rings. The van der Waals surface area contributed by atoms with E-state index in [1.165, 1.54) is 11.0 Å². The van der Waals surface area contributed by atoms with Crippen molar-refractivity contribution in [3.8, 4) is 17.0 Å². The van der Waals surface area contributed by atoms with Crippen LogP contribution in [0.25, 0.3) is 11.3 Å². The zero-order valence-electron chi connectivity index (χ0n) is 19.2. The Kier molecular flexibility index (Phi) is 7.03. The monoisotopic (exact) mass is 467 g/mol. The number of carbonyl (C=O) groups is 2. The SMILES string of the molecule is Cc1cc(O)c(C(=O)N(CC(=O)OC(C)(C)C)c2cccc(-c3ccnc(C)n3)c2)c(Cl)c1. The van der Waals surface area contributed by atoms with Crippen LogP contribution in [-0.2, 0) is 9.53 Å². The van der Waals surface area contributed by atoms with Crippen LogP contribution in [0.1, 0.15) is 42.5 Å². The van der Waals surface area contributed by atoms with Gasteiger partial charge >= 0.3 is 5.97 Å². The molecule has 0 radical (unpaired) electrons. The molecule has 0 saturated heterocycles. The Balaban J connectivity index is 2.07. The molecule has 7 nitrogen and oxygen atoms in total. The molecule has 0 aliphatic carbocycles. The largest absolute Gasteiger partial charge is 0.507 e. The van der Waals surface area contributed by atoms with Gasteiger partial charge in [0.05, 0.1) is 10.7 Å². The molecule has 0 unspecified atom stereocenters. The van der Waals surface area contributed by atoms with E-state index >= 15 is 0 Å². The maximum atomic E-state index is 13.5. The number of amides is 1. The van der Waals surface area contributed by atoms with Crippen molar-refractivity contribution < 1.29 is 19.4 Å². The highest BCUT2D eigenvalue weighted by Crippen LogP contribution is 2.31. The summed E-state index contributed by atoms with van der Waals surface area (Å²) >= 11 is 6.31. The lowest BCUT2D eigenvalue weighted by Crippen LogP contribution is -2.39. The molecule has 3 aromatic rings. The average Bonchev–Trinajstić information content (AvgIpc) is 2.70. The molecule has 3 rings (SSSR count). The number of aromatic hydroxyl groups is 1. The minimum atomic E-state index is -0.726. The number of rotatable bonds is 5. The van der Waals surface area contributed by atoms with Crippen molar-refractivity contribution in [2.24, 2.45) is 0 Å².